The molecule has 2 atom stereocenters. The van der Waals surface area contributed by atoms with Gasteiger partial charge in [0.25, 0.3) is 5.91 Å². The number of hydrogen-bond donors (Lipinski definition) is 2. The predicted molar refractivity (Wildman–Crippen MR) is 141 cm³/mol. The fraction of sp³-hybridized carbons (Fsp3) is 0.444. The number of carbonyl (C=O) groups excluding carboxylic acids is 2. The van der Waals surface area contributed by atoms with Crippen LogP contribution in [0.25, 0.3) is 0 Å². The summed E-state index contributed by atoms with van der Waals surface area (Å²) in [5.74, 6) is 0.683. The van der Waals surface area contributed by atoms with Crippen molar-refractivity contribution in [2.45, 2.75) is 32.2 Å². The van der Waals surface area contributed by atoms with Crippen LogP contribution in [0.1, 0.15) is 35.7 Å². The molecule has 1 aliphatic carbocycles. The van der Waals surface area contributed by atoms with Crippen LogP contribution in [0.3, 0.4) is 0 Å². The highest BCUT2D eigenvalue weighted by atomic mass is 35.5. The molecule has 0 bridgehead atoms. The van der Waals surface area contributed by atoms with Crippen molar-refractivity contribution in [1.82, 2.24) is 9.80 Å². The van der Waals surface area contributed by atoms with Crippen molar-refractivity contribution in [2.24, 2.45) is 5.92 Å². The Morgan fingerprint density at radius 3 is 2.79 bits per heavy atom. The molecule has 2 aliphatic heterocycles. The quantitative estimate of drug-likeness (QED) is 0.553. The van der Waals surface area contributed by atoms with Crippen LogP contribution >= 0.6 is 11.6 Å². The molecule has 200 valence electrons. The SMILES string of the molecule is CCN1c2ccc(NC(=O)N3CCOCC3COc3ccc(C#N)c(Cl)c3)cc2C(=O)N(CC2CC2)C1O. The number of anilines is 2. The number of morpholine rings is 1. The Morgan fingerprint density at radius 1 is 1.26 bits per heavy atom. The lowest BCUT2D eigenvalue weighted by molar-refractivity contribution is -0.000887. The van der Waals surface area contributed by atoms with Gasteiger partial charge in [0, 0.05) is 31.4 Å². The van der Waals surface area contributed by atoms with Crippen LogP contribution in [0.5, 0.6) is 5.75 Å². The third-order valence-corrected chi connectivity index (χ3v) is 7.40. The van der Waals surface area contributed by atoms with Crippen LogP contribution in [0.2, 0.25) is 5.02 Å². The van der Waals surface area contributed by atoms with Crippen LogP contribution in [0, 0.1) is 17.2 Å². The average Bonchev–Trinajstić information content (AvgIpc) is 3.75. The van der Waals surface area contributed by atoms with Crippen molar-refractivity contribution in [3.8, 4) is 11.8 Å². The second kappa shape index (κ2) is 11.1. The highest BCUT2D eigenvalue weighted by Crippen LogP contribution is 2.36. The number of nitrogens with one attached hydrogen (secondary N) is 1. The number of aliphatic hydroxyl groups excluding tert-OH is 1. The summed E-state index contributed by atoms with van der Waals surface area (Å²) >= 11 is 6.10. The molecule has 2 aromatic rings. The molecular formula is C27H30ClN5O5. The average molecular weight is 540 g/mol. The standard InChI is InChI=1S/C27H30ClN5O5/c1-2-31-24-8-6-19(11-22(24)25(34)33(27(31)36)14-17-3-4-17)30-26(35)32-9-10-37-15-20(32)16-38-21-7-5-18(13-29)23(28)12-21/h5-8,11-12,17,20,27,36H,2-4,9-10,14-16H2,1H3,(H,30,35). The highest BCUT2D eigenvalue weighted by molar-refractivity contribution is 6.31. The Morgan fingerprint density at radius 2 is 2.08 bits per heavy atom. The molecule has 1 saturated carbocycles. The topological polar surface area (TPSA) is 118 Å². The Kier molecular flexibility index (Phi) is 7.61. The van der Waals surface area contributed by atoms with Crippen LogP contribution in [0.4, 0.5) is 16.2 Å². The molecular weight excluding hydrogens is 510 g/mol. The minimum atomic E-state index is -0.999. The maximum atomic E-state index is 13.3. The first-order valence-corrected chi connectivity index (χ1v) is 13.1. The lowest BCUT2D eigenvalue weighted by atomic mass is 10.1. The van der Waals surface area contributed by atoms with Crippen LogP contribution in [-0.2, 0) is 4.74 Å². The second-order valence-corrected chi connectivity index (χ2v) is 10.1. The number of urea groups is 1. The summed E-state index contributed by atoms with van der Waals surface area (Å²) < 4.78 is 11.4. The van der Waals surface area contributed by atoms with E-state index in [0.29, 0.717) is 72.0 Å². The number of rotatable bonds is 7. The number of fused-ring (bicyclic) bond motifs is 1. The number of nitriles is 1. The summed E-state index contributed by atoms with van der Waals surface area (Å²) in [7, 11) is 0. The number of amides is 3. The number of halogens is 1. The summed E-state index contributed by atoms with van der Waals surface area (Å²) in [6.45, 7) is 4.25. The van der Waals surface area contributed by atoms with Gasteiger partial charge in [-0.2, -0.15) is 5.26 Å². The first kappa shape index (κ1) is 26.1. The zero-order valence-electron chi connectivity index (χ0n) is 21.1. The van der Waals surface area contributed by atoms with E-state index in [1.165, 1.54) is 4.90 Å². The van der Waals surface area contributed by atoms with E-state index in [9.17, 15) is 14.7 Å². The van der Waals surface area contributed by atoms with E-state index in [4.69, 9.17) is 26.3 Å². The molecule has 0 spiro atoms. The molecule has 2 aromatic carbocycles. The zero-order valence-corrected chi connectivity index (χ0v) is 21.9. The van der Waals surface area contributed by atoms with Crippen molar-refractivity contribution < 1.29 is 24.2 Å². The van der Waals surface area contributed by atoms with Gasteiger partial charge >= 0.3 is 6.03 Å². The minimum Gasteiger partial charge on any atom is -0.491 e. The van der Waals surface area contributed by atoms with E-state index in [1.54, 1.807) is 46.2 Å². The number of hydrogen-bond acceptors (Lipinski definition) is 7. The van der Waals surface area contributed by atoms with Gasteiger partial charge in [0.2, 0.25) is 6.35 Å². The molecule has 2 N–H and O–H groups in total. The maximum absolute atomic E-state index is 13.3. The first-order valence-electron chi connectivity index (χ1n) is 12.8. The van der Waals surface area contributed by atoms with Crippen molar-refractivity contribution >= 4 is 34.9 Å². The van der Waals surface area contributed by atoms with E-state index < -0.39 is 6.35 Å². The van der Waals surface area contributed by atoms with Gasteiger partial charge in [-0.05, 0) is 56.0 Å². The van der Waals surface area contributed by atoms with Gasteiger partial charge in [-0.25, -0.2) is 4.79 Å². The molecule has 2 heterocycles. The van der Waals surface area contributed by atoms with Gasteiger partial charge in [-0.3, -0.25) is 9.69 Å². The number of nitrogens with zero attached hydrogens (tertiary/aromatic N) is 4. The normalized spacial score (nSPS) is 21.1. The minimum absolute atomic E-state index is 0.178. The summed E-state index contributed by atoms with van der Waals surface area (Å²) in [6.07, 6.45) is 1.13. The Bertz CT molecular complexity index is 1260. The van der Waals surface area contributed by atoms with E-state index >= 15 is 0 Å². The fourth-order valence-electron chi connectivity index (χ4n) is 4.80. The second-order valence-electron chi connectivity index (χ2n) is 9.68. The fourth-order valence-corrected chi connectivity index (χ4v) is 5.01. The summed E-state index contributed by atoms with van der Waals surface area (Å²) in [6, 6.07) is 11.3. The Hall–Kier alpha value is -3.52. The third-order valence-electron chi connectivity index (χ3n) is 7.09. The molecule has 3 amide bonds. The summed E-state index contributed by atoms with van der Waals surface area (Å²) in [5, 5.41) is 23.1. The predicted octanol–water partition coefficient (Wildman–Crippen LogP) is 3.49. The monoisotopic (exact) mass is 539 g/mol. The van der Waals surface area contributed by atoms with Crippen LogP contribution < -0.4 is 15.0 Å². The largest absolute Gasteiger partial charge is 0.491 e. The third kappa shape index (κ3) is 5.36. The van der Waals surface area contributed by atoms with Gasteiger partial charge in [-0.1, -0.05) is 11.6 Å². The maximum Gasteiger partial charge on any atom is 0.322 e. The van der Waals surface area contributed by atoms with Gasteiger partial charge in [0.05, 0.1) is 41.1 Å². The zero-order chi connectivity index (χ0) is 26.8. The molecule has 5 rings (SSSR count). The van der Waals surface area contributed by atoms with E-state index in [2.05, 4.69) is 5.32 Å². The molecule has 1 saturated heterocycles. The van der Waals surface area contributed by atoms with E-state index in [1.807, 2.05) is 13.0 Å². The number of carbonyl (C=O) groups is 2. The van der Waals surface area contributed by atoms with Gasteiger partial charge in [0.1, 0.15) is 18.4 Å². The molecule has 0 aromatic heterocycles. The Labute approximate surface area is 226 Å². The van der Waals surface area contributed by atoms with E-state index in [0.717, 1.165) is 12.8 Å². The molecule has 3 aliphatic rings. The van der Waals surface area contributed by atoms with E-state index in [-0.39, 0.29) is 24.6 Å². The molecule has 11 heteroatoms. The van der Waals surface area contributed by atoms with Crippen molar-refractivity contribution in [2.75, 3.05) is 49.7 Å². The highest BCUT2D eigenvalue weighted by Gasteiger charge is 2.39. The lowest BCUT2D eigenvalue weighted by Gasteiger charge is -2.42. The molecule has 0 radical (unpaired) electrons. The smallest absolute Gasteiger partial charge is 0.322 e. The van der Waals surface area contributed by atoms with Crippen molar-refractivity contribution in [1.29, 1.82) is 5.26 Å². The van der Waals surface area contributed by atoms with Crippen molar-refractivity contribution in [3.05, 3.63) is 52.5 Å². The summed E-state index contributed by atoms with van der Waals surface area (Å²) in [5.41, 5.74) is 1.95. The molecule has 10 nitrogen and oxygen atoms in total. The van der Waals surface area contributed by atoms with Crippen molar-refractivity contribution in [3.63, 3.8) is 0 Å². The molecule has 2 unspecified atom stereocenters. The van der Waals surface area contributed by atoms with Gasteiger partial charge < -0.3 is 29.7 Å². The first-order chi connectivity index (χ1) is 18.4. The Balaban J connectivity index is 1.28. The van der Waals surface area contributed by atoms with Gasteiger partial charge in [-0.15, -0.1) is 0 Å². The number of aliphatic hydroxyl groups is 1. The number of ether oxygens (including phenoxy) is 2. The molecule has 2 fully saturated rings. The number of benzene rings is 2. The molecule has 38 heavy (non-hydrogen) atoms. The van der Waals surface area contributed by atoms with Crippen LogP contribution in [0.15, 0.2) is 36.4 Å². The van der Waals surface area contributed by atoms with Gasteiger partial charge in [0.15, 0.2) is 0 Å². The van der Waals surface area contributed by atoms with Crippen LogP contribution in [-0.4, -0.2) is 78.7 Å². The summed E-state index contributed by atoms with van der Waals surface area (Å²) in [4.78, 5) is 31.5. The lowest BCUT2D eigenvalue weighted by Crippen LogP contribution is -2.56.